The first-order valence-electron chi connectivity index (χ1n) is 7.61. The Morgan fingerprint density at radius 1 is 1.08 bits per heavy atom. The number of nitrogens with zero attached hydrogens (tertiary/aromatic N) is 1. The van der Waals surface area contributed by atoms with Crippen LogP contribution in [0.4, 0.5) is 0 Å². The van der Waals surface area contributed by atoms with Crippen molar-refractivity contribution >= 4 is 28.2 Å². The van der Waals surface area contributed by atoms with Gasteiger partial charge in [-0.25, -0.2) is 0 Å². The Kier molecular flexibility index (Phi) is 3.92. The van der Waals surface area contributed by atoms with Crippen LogP contribution in [0.25, 0.3) is 11.0 Å². The van der Waals surface area contributed by atoms with Gasteiger partial charge in [0, 0.05) is 22.4 Å². The van der Waals surface area contributed by atoms with Crippen molar-refractivity contribution in [3.05, 3.63) is 82.6 Å². The van der Waals surface area contributed by atoms with E-state index >= 15 is 0 Å². The number of furan rings is 2. The Labute approximate surface area is 142 Å². The summed E-state index contributed by atoms with van der Waals surface area (Å²) in [6.07, 6.45) is 3.28. The monoisotopic (exact) mass is 337 g/mol. The lowest BCUT2D eigenvalue weighted by Crippen LogP contribution is -2.29. The van der Waals surface area contributed by atoms with E-state index in [9.17, 15) is 4.79 Å². The van der Waals surface area contributed by atoms with Crippen molar-refractivity contribution in [2.45, 2.75) is 13.1 Å². The molecule has 0 aliphatic heterocycles. The van der Waals surface area contributed by atoms with Gasteiger partial charge in [-0.2, -0.15) is 0 Å². The number of carbonyl (C=O) groups is 1. The lowest BCUT2D eigenvalue weighted by Gasteiger charge is -2.20. The molecule has 1 amide bonds. The summed E-state index contributed by atoms with van der Waals surface area (Å²) in [7, 11) is 0. The molecule has 3 aromatic heterocycles. The van der Waals surface area contributed by atoms with E-state index in [0.717, 1.165) is 21.4 Å². The summed E-state index contributed by atoms with van der Waals surface area (Å²) in [6.45, 7) is 1.02. The molecule has 0 fully saturated rings. The number of hydrogen-bond acceptors (Lipinski definition) is 4. The van der Waals surface area contributed by atoms with Crippen LogP contribution < -0.4 is 0 Å². The minimum Gasteiger partial charge on any atom is -0.472 e. The van der Waals surface area contributed by atoms with E-state index in [4.69, 9.17) is 8.83 Å². The number of para-hydroxylation sites is 1. The van der Waals surface area contributed by atoms with Gasteiger partial charge in [0.1, 0.15) is 5.58 Å². The van der Waals surface area contributed by atoms with E-state index in [-0.39, 0.29) is 5.91 Å². The summed E-state index contributed by atoms with van der Waals surface area (Å²) in [5.74, 6) is 0.233. The zero-order valence-electron chi connectivity index (χ0n) is 12.8. The fourth-order valence-corrected chi connectivity index (χ4v) is 3.36. The Morgan fingerprint density at radius 3 is 2.75 bits per heavy atom. The third-order valence-electron chi connectivity index (χ3n) is 3.80. The zero-order valence-corrected chi connectivity index (χ0v) is 13.7. The van der Waals surface area contributed by atoms with Crippen LogP contribution in [0, 0.1) is 0 Å². The molecule has 120 valence electrons. The molecule has 0 bridgehead atoms. The van der Waals surface area contributed by atoms with Crippen molar-refractivity contribution in [1.82, 2.24) is 4.90 Å². The molecule has 0 radical (unpaired) electrons. The second-order valence-corrected chi connectivity index (χ2v) is 6.55. The topological polar surface area (TPSA) is 46.6 Å². The molecule has 24 heavy (non-hydrogen) atoms. The molecule has 0 aliphatic rings. The lowest BCUT2D eigenvalue weighted by atomic mass is 10.2. The number of amides is 1. The minimum atomic E-state index is -0.124. The smallest absolute Gasteiger partial charge is 0.290 e. The molecule has 0 atom stereocenters. The minimum absolute atomic E-state index is 0.124. The summed E-state index contributed by atoms with van der Waals surface area (Å²) in [6, 6.07) is 15.3. The van der Waals surface area contributed by atoms with Gasteiger partial charge in [0.05, 0.1) is 19.1 Å². The summed E-state index contributed by atoms with van der Waals surface area (Å²) >= 11 is 1.63. The Balaban J connectivity index is 1.64. The van der Waals surface area contributed by atoms with E-state index < -0.39 is 0 Å². The quantitative estimate of drug-likeness (QED) is 0.519. The first kappa shape index (κ1) is 14.8. The van der Waals surface area contributed by atoms with Crippen LogP contribution in [0.3, 0.4) is 0 Å². The summed E-state index contributed by atoms with van der Waals surface area (Å²) in [5, 5.41) is 2.94. The van der Waals surface area contributed by atoms with Crippen LogP contribution in [-0.4, -0.2) is 10.8 Å². The van der Waals surface area contributed by atoms with E-state index in [1.807, 2.05) is 47.8 Å². The van der Waals surface area contributed by atoms with E-state index in [0.29, 0.717) is 18.8 Å². The van der Waals surface area contributed by atoms with Gasteiger partial charge in [-0.3, -0.25) is 4.79 Å². The van der Waals surface area contributed by atoms with Crippen molar-refractivity contribution < 1.29 is 13.6 Å². The van der Waals surface area contributed by atoms with Gasteiger partial charge in [-0.15, -0.1) is 11.3 Å². The Hall–Kier alpha value is -2.79. The molecule has 4 aromatic rings. The van der Waals surface area contributed by atoms with Gasteiger partial charge in [-0.05, 0) is 29.6 Å². The van der Waals surface area contributed by atoms with Crippen molar-refractivity contribution in [3.8, 4) is 0 Å². The molecule has 3 heterocycles. The molecule has 1 aromatic carbocycles. The van der Waals surface area contributed by atoms with Crippen molar-refractivity contribution in [1.29, 1.82) is 0 Å². The maximum atomic E-state index is 13.0. The highest BCUT2D eigenvalue weighted by Crippen LogP contribution is 2.22. The van der Waals surface area contributed by atoms with Crippen LogP contribution in [-0.2, 0) is 13.1 Å². The standard InChI is InChI=1S/C19H15NO3S/c21-19(18-10-15-4-1-2-6-17(15)23-18)20(11-14-7-8-22-13-14)12-16-5-3-9-24-16/h1-10,13H,11-12H2. The van der Waals surface area contributed by atoms with E-state index in [1.54, 1.807) is 34.8 Å². The van der Waals surface area contributed by atoms with Crippen molar-refractivity contribution in [2.24, 2.45) is 0 Å². The summed E-state index contributed by atoms with van der Waals surface area (Å²) in [4.78, 5) is 15.9. The second-order valence-electron chi connectivity index (χ2n) is 5.52. The summed E-state index contributed by atoms with van der Waals surface area (Å²) < 4.78 is 10.9. The van der Waals surface area contributed by atoms with Crippen LogP contribution >= 0.6 is 11.3 Å². The first-order chi connectivity index (χ1) is 11.8. The zero-order chi connectivity index (χ0) is 16.4. The number of thiophene rings is 1. The average Bonchev–Trinajstić information content (AvgIpc) is 3.34. The second kappa shape index (κ2) is 6.37. The van der Waals surface area contributed by atoms with Crippen LogP contribution in [0.1, 0.15) is 21.0 Å². The number of hydrogen-bond donors (Lipinski definition) is 0. The van der Waals surface area contributed by atoms with Crippen molar-refractivity contribution in [3.63, 3.8) is 0 Å². The fraction of sp³-hybridized carbons (Fsp3) is 0.105. The SMILES string of the molecule is O=C(c1cc2ccccc2o1)N(Cc1ccoc1)Cc1cccs1. The molecular weight excluding hydrogens is 322 g/mol. The fourth-order valence-electron chi connectivity index (χ4n) is 2.64. The molecule has 0 saturated heterocycles. The van der Waals surface area contributed by atoms with Crippen molar-refractivity contribution in [2.75, 3.05) is 0 Å². The van der Waals surface area contributed by atoms with Gasteiger partial charge in [-0.1, -0.05) is 24.3 Å². The predicted molar refractivity (Wildman–Crippen MR) is 92.8 cm³/mol. The molecule has 0 N–H and O–H groups in total. The molecular formula is C19H15NO3S. The highest BCUT2D eigenvalue weighted by molar-refractivity contribution is 7.09. The number of rotatable bonds is 5. The van der Waals surface area contributed by atoms with E-state index in [1.165, 1.54) is 0 Å². The summed E-state index contributed by atoms with van der Waals surface area (Å²) in [5.41, 5.74) is 1.68. The first-order valence-corrected chi connectivity index (χ1v) is 8.49. The molecule has 4 rings (SSSR count). The number of fused-ring (bicyclic) bond motifs is 1. The molecule has 0 spiro atoms. The lowest BCUT2D eigenvalue weighted by molar-refractivity contribution is 0.0701. The van der Waals surface area contributed by atoms with Gasteiger partial charge in [0.25, 0.3) is 5.91 Å². The molecule has 0 unspecified atom stereocenters. The largest absolute Gasteiger partial charge is 0.472 e. The normalized spacial score (nSPS) is 11.0. The number of benzene rings is 1. The molecule has 5 heteroatoms. The molecule has 0 aliphatic carbocycles. The van der Waals surface area contributed by atoms with Gasteiger partial charge < -0.3 is 13.7 Å². The number of carbonyl (C=O) groups excluding carboxylic acids is 1. The highest BCUT2D eigenvalue weighted by Gasteiger charge is 2.21. The van der Waals surface area contributed by atoms with Crippen LogP contribution in [0.15, 0.2) is 75.3 Å². The molecule has 4 nitrogen and oxygen atoms in total. The van der Waals surface area contributed by atoms with E-state index in [2.05, 4.69) is 0 Å². The Bertz CT molecular complexity index is 869. The predicted octanol–water partition coefficient (Wildman–Crippen LogP) is 4.93. The Morgan fingerprint density at radius 2 is 2.00 bits per heavy atom. The van der Waals surface area contributed by atoms with Crippen LogP contribution in [0.5, 0.6) is 0 Å². The van der Waals surface area contributed by atoms with Crippen LogP contribution in [0.2, 0.25) is 0 Å². The third kappa shape index (κ3) is 2.98. The van der Waals surface area contributed by atoms with Gasteiger partial charge in [0.15, 0.2) is 5.76 Å². The third-order valence-corrected chi connectivity index (χ3v) is 4.67. The highest BCUT2D eigenvalue weighted by atomic mass is 32.1. The average molecular weight is 337 g/mol. The van der Waals surface area contributed by atoms with Gasteiger partial charge >= 0.3 is 0 Å². The maximum Gasteiger partial charge on any atom is 0.290 e. The maximum absolute atomic E-state index is 13.0. The molecule has 0 saturated carbocycles. The van der Waals surface area contributed by atoms with Gasteiger partial charge in [0.2, 0.25) is 0 Å².